The van der Waals surface area contributed by atoms with Gasteiger partial charge in [0, 0.05) is 41.4 Å². The average molecular weight is 354 g/mol. The molecule has 0 saturated carbocycles. The smallest absolute Gasteiger partial charge is 0.133 e. The Kier molecular flexibility index (Phi) is 4.99. The molecular weight excluding hydrogens is 326 g/mol. The van der Waals surface area contributed by atoms with Crippen molar-refractivity contribution in [1.29, 1.82) is 0 Å². The van der Waals surface area contributed by atoms with Crippen molar-refractivity contribution < 1.29 is 0 Å². The normalized spacial score (nSPS) is 18.9. The molecule has 1 aliphatic heterocycles. The van der Waals surface area contributed by atoms with Crippen LogP contribution in [0.25, 0.3) is 0 Å². The minimum absolute atomic E-state index is 0.115. The average Bonchev–Trinajstić information content (AvgIpc) is 2.36. The number of nitrogens with one attached hydrogen (secondary N) is 1. The van der Waals surface area contributed by atoms with Crippen LogP contribution in [-0.4, -0.2) is 23.6 Å². The molecule has 0 atom stereocenters. The molecule has 1 N–H and O–H groups in total. The van der Waals surface area contributed by atoms with Crippen molar-refractivity contribution >= 4 is 21.7 Å². The highest BCUT2D eigenvalue weighted by Crippen LogP contribution is 2.33. The van der Waals surface area contributed by atoms with E-state index in [2.05, 4.69) is 71.8 Å². The maximum absolute atomic E-state index is 4.69. The first-order chi connectivity index (χ1) is 9.66. The van der Waals surface area contributed by atoms with Crippen molar-refractivity contribution in [2.45, 2.75) is 59.5 Å². The van der Waals surface area contributed by atoms with Gasteiger partial charge in [-0.3, -0.25) is 0 Å². The molecule has 0 unspecified atom stereocenters. The molecule has 1 aliphatic rings. The molecule has 1 aromatic rings. The molecule has 0 radical (unpaired) electrons. The van der Waals surface area contributed by atoms with Gasteiger partial charge in [-0.15, -0.1) is 0 Å². The number of hydrogen-bond donors (Lipinski definition) is 1. The van der Waals surface area contributed by atoms with E-state index in [9.17, 15) is 0 Å². The lowest BCUT2D eigenvalue weighted by Gasteiger charge is -2.38. The molecule has 21 heavy (non-hydrogen) atoms. The Morgan fingerprint density at radius 3 is 2.48 bits per heavy atom. The summed E-state index contributed by atoms with van der Waals surface area (Å²) in [7, 11) is 0. The van der Waals surface area contributed by atoms with Crippen molar-refractivity contribution in [2.75, 3.05) is 18.0 Å². The highest BCUT2D eigenvalue weighted by Gasteiger charge is 2.27. The highest BCUT2D eigenvalue weighted by atomic mass is 79.9. The summed E-state index contributed by atoms with van der Waals surface area (Å²) >= 11 is 3.55. The second-order valence-corrected chi connectivity index (χ2v) is 8.81. The molecule has 4 heteroatoms. The van der Waals surface area contributed by atoms with E-state index in [0.717, 1.165) is 29.9 Å². The molecule has 0 spiro atoms. The number of anilines is 1. The van der Waals surface area contributed by atoms with Crippen molar-refractivity contribution in [3.8, 4) is 0 Å². The van der Waals surface area contributed by atoms with Gasteiger partial charge in [0.15, 0.2) is 0 Å². The second kappa shape index (κ2) is 6.25. The Labute approximate surface area is 137 Å². The standard InChI is InChI=1S/C17H28BrN3/c1-16(2,3)20-11-13-10-14(18)12-19-15(13)21-8-6-17(4,5)7-9-21/h10,12,20H,6-9,11H2,1-5H3. The van der Waals surface area contributed by atoms with Gasteiger partial charge in [-0.2, -0.15) is 0 Å². The largest absolute Gasteiger partial charge is 0.356 e. The molecule has 2 rings (SSSR count). The molecule has 2 heterocycles. The number of halogens is 1. The Hall–Kier alpha value is -0.610. The first-order valence-electron chi connectivity index (χ1n) is 7.81. The minimum Gasteiger partial charge on any atom is -0.356 e. The van der Waals surface area contributed by atoms with Crippen LogP contribution in [0.15, 0.2) is 16.7 Å². The van der Waals surface area contributed by atoms with Crippen LogP contribution in [0.2, 0.25) is 0 Å². The van der Waals surface area contributed by atoms with Gasteiger partial charge in [0.05, 0.1) is 0 Å². The van der Waals surface area contributed by atoms with Crippen molar-refractivity contribution in [3.63, 3.8) is 0 Å². The van der Waals surface area contributed by atoms with Crippen LogP contribution in [0.5, 0.6) is 0 Å². The maximum atomic E-state index is 4.69. The Morgan fingerprint density at radius 2 is 1.90 bits per heavy atom. The first-order valence-corrected chi connectivity index (χ1v) is 8.60. The van der Waals surface area contributed by atoms with Crippen LogP contribution >= 0.6 is 15.9 Å². The summed E-state index contributed by atoms with van der Waals surface area (Å²) in [5.41, 5.74) is 1.86. The summed E-state index contributed by atoms with van der Waals surface area (Å²) in [5, 5.41) is 3.57. The fraction of sp³-hybridized carbons (Fsp3) is 0.706. The Bertz CT molecular complexity index is 481. The maximum Gasteiger partial charge on any atom is 0.133 e. The molecular formula is C17H28BrN3. The van der Waals surface area contributed by atoms with Gasteiger partial charge in [0.2, 0.25) is 0 Å². The zero-order valence-electron chi connectivity index (χ0n) is 14.0. The van der Waals surface area contributed by atoms with E-state index in [1.807, 2.05) is 6.20 Å². The third-order valence-corrected chi connectivity index (χ3v) is 4.57. The van der Waals surface area contributed by atoms with Crippen LogP contribution in [0.4, 0.5) is 5.82 Å². The SMILES string of the molecule is CC1(C)CCN(c2ncc(Br)cc2CNC(C)(C)C)CC1. The number of aromatic nitrogens is 1. The molecule has 0 aromatic carbocycles. The van der Waals surface area contributed by atoms with Crippen LogP contribution in [-0.2, 0) is 6.54 Å². The van der Waals surface area contributed by atoms with Crippen molar-refractivity contribution in [3.05, 3.63) is 22.3 Å². The lowest BCUT2D eigenvalue weighted by Crippen LogP contribution is -2.39. The Balaban J connectivity index is 2.15. The van der Waals surface area contributed by atoms with E-state index in [0.29, 0.717) is 5.41 Å². The number of hydrogen-bond acceptors (Lipinski definition) is 3. The quantitative estimate of drug-likeness (QED) is 0.874. The summed E-state index contributed by atoms with van der Waals surface area (Å²) in [6.45, 7) is 14.4. The monoisotopic (exact) mass is 353 g/mol. The highest BCUT2D eigenvalue weighted by molar-refractivity contribution is 9.10. The van der Waals surface area contributed by atoms with Crippen molar-refractivity contribution in [1.82, 2.24) is 10.3 Å². The van der Waals surface area contributed by atoms with E-state index < -0.39 is 0 Å². The molecule has 0 amide bonds. The first kappa shape index (κ1) is 16.8. The third-order valence-electron chi connectivity index (χ3n) is 4.14. The fourth-order valence-electron chi connectivity index (χ4n) is 2.57. The third kappa shape index (κ3) is 4.96. The fourth-order valence-corrected chi connectivity index (χ4v) is 2.95. The van der Waals surface area contributed by atoms with Gasteiger partial charge >= 0.3 is 0 Å². The van der Waals surface area contributed by atoms with E-state index >= 15 is 0 Å². The predicted octanol–water partition coefficient (Wildman–Crippen LogP) is 4.36. The lowest BCUT2D eigenvalue weighted by molar-refractivity contribution is 0.279. The van der Waals surface area contributed by atoms with Crippen LogP contribution in [0, 0.1) is 5.41 Å². The van der Waals surface area contributed by atoms with Gasteiger partial charge in [-0.25, -0.2) is 4.98 Å². The molecule has 118 valence electrons. The van der Waals surface area contributed by atoms with E-state index in [4.69, 9.17) is 0 Å². The van der Waals surface area contributed by atoms with E-state index in [-0.39, 0.29) is 5.54 Å². The van der Waals surface area contributed by atoms with Gasteiger partial charge in [0.1, 0.15) is 5.82 Å². The summed E-state index contributed by atoms with van der Waals surface area (Å²) in [4.78, 5) is 7.13. The zero-order chi connectivity index (χ0) is 15.7. The number of piperidine rings is 1. The zero-order valence-corrected chi connectivity index (χ0v) is 15.5. The van der Waals surface area contributed by atoms with Crippen LogP contribution in [0.3, 0.4) is 0 Å². The van der Waals surface area contributed by atoms with Gasteiger partial charge in [-0.05, 0) is 61.0 Å². The van der Waals surface area contributed by atoms with E-state index in [1.165, 1.54) is 18.4 Å². The minimum atomic E-state index is 0.115. The topological polar surface area (TPSA) is 28.2 Å². The summed E-state index contributed by atoms with van der Waals surface area (Å²) < 4.78 is 1.05. The molecule has 1 aromatic heterocycles. The van der Waals surface area contributed by atoms with Crippen LogP contribution in [0.1, 0.15) is 53.0 Å². The van der Waals surface area contributed by atoms with Gasteiger partial charge < -0.3 is 10.2 Å². The molecule has 3 nitrogen and oxygen atoms in total. The van der Waals surface area contributed by atoms with Crippen LogP contribution < -0.4 is 10.2 Å². The lowest BCUT2D eigenvalue weighted by atomic mass is 9.82. The number of rotatable bonds is 3. The summed E-state index contributed by atoms with van der Waals surface area (Å²) in [6.07, 6.45) is 4.38. The summed E-state index contributed by atoms with van der Waals surface area (Å²) in [5.74, 6) is 1.14. The number of nitrogens with zero attached hydrogens (tertiary/aromatic N) is 2. The number of pyridine rings is 1. The summed E-state index contributed by atoms with van der Waals surface area (Å²) in [6, 6.07) is 2.20. The predicted molar refractivity (Wildman–Crippen MR) is 93.8 cm³/mol. The Morgan fingerprint density at radius 1 is 1.29 bits per heavy atom. The molecule has 1 saturated heterocycles. The van der Waals surface area contributed by atoms with Gasteiger partial charge in [-0.1, -0.05) is 13.8 Å². The molecule has 0 bridgehead atoms. The second-order valence-electron chi connectivity index (χ2n) is 7.89. The van der Waals surface area contributed by atoms with Gasteiger partial charge in [0.25, 0.3) is 0 Å². The molecule has 0 aliphatic carbocycles. The van der Waals surface area contributed by atoms with E-state index in [1.54, 1.807) is 0 Å². The molecule has 1 fully saturated rings. The van der Waals surface area contributed by atoms with Crippen molar-refractivity contribution in [2.24, 2.45) is 5.41 Å².